The number of thiophene rings is 1. The number of benzene rings is 1. The van der Waals surface area contributed by atoms with Crippen molar-refractivity contribution < 1.29 is 4.79 Å². The number of carbonyl (C=O) groups is 1. The number of carbonyl (C=O) groups excluding carboxylic acids is 1. The van der Waals surface area contributed by atoms with Gasteiger partial charge >= 0.3 is 0 Å². The van der Waals surface area contributed by atoms with Crippen molar-refractivity contribution in [2.45, 2.75) is 26.2 Å². The molecule has 0 spiro atoms. The molecule has 100 valence electrons. The van der Waals surface area contributed by atoms with Gasteiger partial charge in [-0.2, -0.15) is 0 Å². The summed E-state index contributed by atoms with van der Waals surface area (Å²) in [6.07, 6.45) is 0.419. The minimum absolute atomic E-state index is 0.0200. The molecule has 0 radical (unpaired) electrons. The van der Waals surface area contributed by atoms with E-state index < -0.39 is 0 Å². The number of halogens is 1. The van der Waals surface area contributed by atoms with Gasteiger partial charge in [0.1, 0.15) is 0 Å². The number of anilines is 1. The third-order valence-corrected chi connectivity index (χ3v) is 4.45. The van der Waals surface area contributed by atoms with Crippen LogP contribution in [0.3, 0.4) is 0 Å². The average Bonchev–Trinajstić information content (AvgIpc) is 2.75. The highest BCUT2D eigenvalue weighted by Gasteiger charge is 2.06. The van der Waals surface area contributed by atoms with Crippen LogP contribution in [-0.4, -0.2) is 5.91 Å². The zero-order chi connectivity index (χ0) is 13.8. The smallest absolute Gasteiger partial charge is 0.229 e. The van der Waals surface area contributed by atoms with Crippen LogP contribution in [0.15, 0.2) is 40.2 Å². The SMILES string of the molecule is CC(C)c1ccc(NC(=O)Cc2ccc(Br)s2)cc1. The topological polar surface area (TPSA) is 29.1 Å². The van der Waals surface area contributed by atoms with Crippen LogP contribution < -0.4 is 5.32 Å². The molecule has 1 amide bonds. The standard InChI is InChI=1S/C15H16BrNOS/c1-10(2)11-3-5-12(6-4-11)17-15(18)9-13-7-8-14(16)19-13/h3-8,10H,9H2,1-2H3,(H,17,18). The number of amides is 1. The first-order valence-corrected chi connectivity index (χ1v) is 7.79. The lowest BCUT2D eigenvalue weighted by atomic mass is 10.0. The molecule has 0 atom stereocenters. The van der Waals surface area contributed by atoms with E-state index in [1.807, 2.05) is 24.3 Å². The molecule has 0 fully saturated rings. The summed E-state index contributed by atoms with van der Waals surface area (Å²) in [6, 6.07) is 12.0. The molecule has 0 saturated carbocycles. The Morgan fingerprint density at radius 1 is 1.21 bits per heavy atom. The van der Waals surface area contributed by atoms with E-state index in [1.165, 1.54) is 5.56 Å². The van der Waals surface area contributed by atoms with Crippen molar-refractivity contribution in [3.8, 4) is 0 Å². The van der Waals surface area contributed by atoms with E-state index in [0.29, 0.717) is 12.3 Å². The van der Waals surface area contributed by atoms with Gasteiger partial charge < -0.3 is 5.32 Å². The number of nitrogens with one attached hydrogen (secondary N) is 1. The largest absolute Gasteiger partial charge is 0.326 e. The maximum atomic E-state index is 11.9. The van der Waals surface area contributed by atoms with Crippen LogP contribution in [0.1, 0.15) is 30.2 Å². The Balaban J connectivity index is 1.95. The van der Waals surface area contributed by atoms with Gasteiger partial charge in [-0.1, -0.05) is 26.0 Å². The second-order valence-electron chi connectivity index (χ2n) is 4.71. The maximum absolute atomic E-state index is 11.9. The predicted molar refractivity (Wildman–Crippen MR) is 84.9 cm³/mol. The van der Waals surface area contributed by atoms with Crippen LogP contribution >= 0.6 is 27.3 Å². The Hall–Kier alpha value is -1.13. The van der Waals surface area contributed by atoms with Crippen molar-refractivity contribution in [3.63, 3.8) is 0 Å². The highest BCUT2D eigenvalue weighted by atomic mass is 79.9. The summed E-state index contributed by atoms with van der Waals surface area (Å²) >= 11 is 4.99. The molecule has 1 heterocycles. The average molecular weight is 338 g/mol. The molecule has 4 heteroatoms. The Labute approximate surface area is 126 Å². The number of rotatable bonds is 4. The summed E-state index contributed by atoms with van der Waals surface area (Å²) in [4.78, 5) is 12.9. The van der Waals surface area contributed by atoms with Crippen molar-refractivity contribution in [3.05, 3.63) is 50.6 Å². The molecule has 1 aromatic carbocycles. The van der Waals surface area contributed by atoms with Crippen molar-refractivity contribution in [2.24, 2.45) is 0 Å². The fourth-order valence-electron chi connectivity index (χ4n) is 1.76. The molecule has 1 N–H and O–H groups in total. The molecule has 19 heavy (non-hydrogen) atoms. The van der Waals surface area contributed by atoms with E-state index in [9.17, 15) is 4.79 Å². The van der Waals surface area contributed by atoms with Crippen LogP contribution in [-0.2, 0) is 11.2 Å². The van der Waals surface area contributed by atoms with Crippen LogP contribution in [0, 0.1) is 0 Å². The van der Waals surface area contributed by atoms with E-state index >= 15 is 0 Å². The number of hydrogen-bond donors (Lipinski definition) is 1. The second-order valence-corrected chi connectivity index (χ2v) is 7.26. The van der Waals surface area contributed by atoms with Gasteiger partial charge in [-0.25, -0.2) is 0 Å². The molecular weight excluding hydrogens is 322 g/mol. The van der Waals surface area contributed by atoms with Crippen molar-refractivity contribution in [1.82, 2.24) is 0 Å². The van der Waals surface area contributed by atoms with Crippen LogP contribution in [0.2, 0.25) is 0 Å². The molecular formula is C15H16BrNOS. The highest BCUT2D eigenvalue weighted by Crippen LogP contribution is 2.23. The lowest BCUT2D eigenvalue weighted by molar-refractivity contribution is -0.115. The summed E-state index contributed by atoms with van der Waals surface area (Å²) in [6.45, 7) is 4.31. The number of hydrogen-bond acceptors (Lipinski definition) is 2. The Morgan fingerprint density at radius 3 is 2.42 bits per heavy atom. The zero-order valence-corrected chi connectivity index (χ0v) is 13.3. The maximum Gasteiger partial charge on any atom is 0.229 e. The fourth-order valence-corrected chi connectivity index (χ4v) is 3.24. The molecule has 0 saturated heterocycles. The van der Waals surface area contributed by atoms with Gasteiger partial charge in [-0.05, 0) is 51.7 Å². The first kappa shape index (κ1) is 14.3. The first-order chi connectivity index (χ1) is 9.04. The molecule has 0 aliphatic heterocycles. The molecule has 2 aromatic rings. The van der Waals surface area contributed by atoms with Gasteiger partial charge in [0.05, 0.1) is 10.2 Å². The molecule has 2 rings (SSSR count). The monoisotopic (exact) mass is 337 g/mol. The molecule has 0 aliphatic rings. The Bertz CT molecular complexity index is 560. The first-order valence-electron chi connectivity index (χ1n) is 6.18. The third-order valence-electron chi connectivity index (χ3n) is 2.82. The van der Waals surface area contributed by atoms with E-state index in [0.717, 1.165) is 14.4 Å². The molecule has 1 aromatic heterocycles. The summed E-state index contributed by atoms with van der Waals surface area (Å²) in [7, 11) is 0. The predicted octanol–water partition coefficient (Wildman–Crippen LogP) is 4.82. The van der Waals surface area contributed by atoms with Crippen LogP contribution in [0.25, 0.3) is 0 Å². The lowest BCUT2D eigenvalue weighted by Crippen LogP contribution is -2.13. The van der Waals surface area contributed by atoms with Crippen LogP contribution in [0.4, 0.5) is 5.69 Å². The quantitative estimate of drug-likeness (QED) is 0.851. The van der Waals surface area contributed by atoms with E-state index in [1.54, 1.807) is 11.3 Å². The molecule has 0 bridgehead atoms. The van der Waals surface area contributed by atoms with Gasteiger partial charge in [0.2, 0.25) is 5.91 Å². The molecule has 0 aliphatic carbocycles. The lowest BCUT2D eigenvalue weighted by Gasteiger charge is -2.08. The highest BCUT2D eigenvalue weighted by molar-refractivity contribution is 9.11. The van der Waals surface area contributed by atoms with Gasteiger partial charge in [0, 0.05) is 10.6 Å². The van der Waals surface area contributed by atoms with Crippen LogP contribution in [0.5, 0.6) is 0 Å². The normalized spacial score (nSPS) is 10.7. The molecule has 0 unspecified atom stereocenters. The van der Waals surface area contributed by atoms with Gasteiger partial charge in [0.15, 0.2) is 0 Å². The Morgan fingerprint density at radius 2 is 1.89 bits per heavy atom. The molecule has 2 nitrogen and oxygen atoms in total. The van der Waals surface area contributed by atoms with E-state index in [2.05, 4.69) is 47.2 Å². The van der Waals surface area contributed by atoms with Gasteiger partial charge in [0.25, 0.3) is 0 Å². The van der Waals surface area contributed by atoms with Gasteiger partial charge in [-0.3, -0.25) is 4.79 Å². The minimum Gasteiger partial charge on any atom is -0.326 e. The Kier molecular flexibility index (Phi) is 4.77. The van der Waals surface area contributed by atoms with E-state index in [-0.39, 0.29) is 5.91 Å². The summed E-state index contributed by atoms with van der Waals surface area (Å²) < 4.78 is 1.05. The summed E-state index contributed by atoms with van der Waals surface area (Å²) in [5.74, 6) is 0.528. The zero-order valence-electron chi connectivity index (χ0n) is 10.9. The second kappa shape index (κ2) is 6.35. The van der Waals surface area contributed by atoms with Gasteiger partial charge in [-0.15, -0.1) is 11.3 Å². The van der Waals surface area contributed by atoms with Crippen molar-refractivity contribution >= 4 is 38.9 Å². The summed E-state index contributed by atoms with van der Waals surface area (Å²) in [5, 5.41) is 2.92. The summed E-state index contributed by atoms with van der Waals surface area (Å²) in [5.41, 5.74) is 2.13. The van der Waals surface area contributed by atoms with Crippen molar-refractivity contribution in [2.75, 3.05) is 5.32 Å². The minimum atomic E-state index is 0.0200. The van der Waals surface area contributed by atoms with E-state index in [4.69, 9.17) is 0 Å². The van der Waals surface area contributed by atoms with Crippen molar-refractivity contribution in [1.29, 1.82) is 0 Å². The fraction of sp³-hybridized carbons (Fsp3) is 0.267. The third kappa shape index (κ3) is 4.18.